The SMILES string of the molecule is c1cc(CN2CCOC[C@@]3(CC[C@H](CN4CCOCC4)O3)C2)cs1. The van der Waals surface area contributed by atoms with Crippen molar-refractivity contribution in [2.24, 2.45) is 0 Å². The minimum atomic E-state index is -0.108. The molecule has 6 heteroatoms. The van der Waals surface area contributed by atoms with Crippen molar-refractivity contribution < 1.29 is 14.2 Å². The third kappa shape index (κ3) is 4.18. The minimum absolute atomic E-state index is 0.108. The molecule has 3 aliphatic rings. The lowest BCUT2D eigenvalue weighted by Crippen LogP contribution is -2.46. The number of hydrogen-bond acceptors (Lipinski definition) is 6. The highest BCUT2D eigenvalue weighted by Crippen LogP contribution is 2.34. The fourth-order valence-corrected chi connectivity index (χ4v) is 4.74. The first-order valence-corrected chi connectivity index (χ1v) is 10.0. The molecule has 0 aliphatic carbocycles. The predicted molar refractivity (Wildman–Crippen MR) is 94.5 cm³/mol. The molecule has 3 fully saturated rings. The van der Waals surface area contributed by atoms with E-state index in [2.05, 4.69) is 26.6 Å². The minimum Gasteiger partial charge on any atom is -0.379 e. The number of hydrogen-bond donors (Lipinski definition) is 0. The van der Waals surface area contributed by atoms with Crippen LogP contribution in [0.4, 0.5) is 0 Å². The first-order chi connectivity index (χ1) is 11.8. The Morgan fingerprint density at radius 3 is 2.79 bits per heavy atom. The van der Waals surface area contributed by atoms with Gasteiger partial charge in [-0.05, 0) is 35.2 Å². The Balaban J connectivity index is 1.34. The van der Waals surface area contributed by atoms with Crippen LogP contribution in [-0.2, 0) is 20.8 Å². The topological polar surface area (TPSA) is 34.2 Å². The summed E-state index contributed by atoms with van der Waals surface area (Å²) in [5, 5.41) is 4.40. The van der Waals surface area contributed by atoms with Gasteiger partial charge in [-0.3, -0.25) is 9.80 Å². The second kappa shape index (κ2) is 7.81. The van der Waals surface area contributed by atoms with Crippen LogP contribution < -0.4 is 0 Å². The Kier molecular flexibility index (Phi) is 5.51. The van der Waals surface area contributed by atoms with Crippen LogP contribution in [0.1, 0.15) is 18.4 Å². The second-order valence-electron chi connectivity index (χ2n) is 7.27. The van der Waals surface area contributed by atoms with Crippen molar-refractivity contribution in [2.75, 3.05) is 59.2 Å². The molecule has 0 unspecified atom stereocenters. The van der Waals surface area contributed by atoms with Gasteiger partial charge in [-0.25, -0.2) is 0 Å². The molecule has 2 atom stereocenters. The van der Waals surface area contributed by atoms with Crippen molar-refractivity contribution in [3.63, 3.8) is 0 Å². The molecule has 1 aromatic rings. The van der Waals surface area contributed by atoms with Crippen molar-refractivity contribution in [1.82, 2.24) is 9.80 Å². The van der Waals surface area contributed by atoms with Gasteiger partial charge < -0.3 is 14.2 Å². The molecule has 134 valence electrons. The van der Waals surface area contributed by atoms with Crippen molar-refractivity contribution in [2.45, 2.75) is 31.1 Å². The highest BCUT2D eigenvalue weighted by Gasteiger charge is 2.43. The van der Waals surface area contributed by atoms with Gasteiger partial charge in [-0.1, -0.05) is 0 Å². The fourth-order valence-electron chi connectivity index (χ4n) is 4.08. The van der Waals surface area contributed by atoms with E-state index in [1.807, 2.05) is 0 Å². The molecule has 1 aromatic heterocycles. The summed E-state index contributed by atoms with van der Waals surface area (Å²) in [7, 11) is 0. The molecule has 4 heterocycles. The van der Waals surface area contributed by atoms with E-state index in [4.69, 9.17) is 14.2 Å². The lowest BCUT2D eigenvalue weighted by molar-refractivity contribution is -0.0967. The maximum Gasteiger partial charge on any atom is 0.105 e. The van der Waals surface area contributed by atoms with Crippen LogP contribution in [0.5, 0.6) is 0 Å². The predicted octanol–water partition coefficient (Wildman–Crippen LogP) is 1.83. The van der Waals surface area contributed by atoms with Gasteiger partial charge >= 0.3 is 0 Å². The number of thiophene rings is 1. The average molecular weight is 353 g/mol. The highest BCUT2D eigenvalue weighted by atomic mass is 32.1. The monoisotopic (exact) mass is 352 g/mol. The highest BCUT2D eigenvalue weighted by molar-refractivity contribution is 7.07. The quantitative estimate of drug-likeness (QED) is 0.826. The van der Waals surface area contributed by atoms with Crippen LogP contribution >= 0.6 is 11.3 Å². The molecule has 5 nitrogen and oxygen atoms in total. The number of morpholine rings is 1. The van der Waals surface area contributed by atoms with Crippen molar-refractivity contribution >= 4 is 11.3 Å². The van der Waals surface area contributed by atoms with Crippen molar-refractivity contribution in [3.8, 4) is 0 Å². The molecule has 0 bridgehead atoms. The normalized spacial score (nSPS) is 33.1. The van der Waals surface area contributed by atoms with Gasteiger partial charge in [0.2, 0.25) is 0 Å². The van der Waals surface area contributed by atoms with Crippen LogP contribution in [0, 0.1) is 0 Å². The number of ether oxygens (including phenoxy) is 3. The van der Waals surface area contributed by atoms with E-state index in [1.165, 1.54) is 5.56 Å². The Bertz CT molecular complexity index is 506. The molecule has 0 saturated carbocycles. The summed E-state index contributed by atoms with van der Waals surface area (Å²) in [4.78, 5) is 4.99. The van der Waals surface area contributed by atoms with Crippen molar-refractivity contribution in [3.05, 3.63) is 22.4 Å². The summed E-state index contributed by atoms with van der Waals surface area (Å²) >= 11 is 1.77. The number of rotatable bonds is 4. The van der Waals surface area contributed by atoms with Gasteiger partial charge in [0.05, 0.1) is 32.5 Å². The van der Waals surface area contributed by atoms with Crippen LogP contribution in [0.2, 0.25) is 0 Å². The summed E-state index contributed by atoms with van der Waals surface area (Å²) in [6, 6.07) is 2.22. The molecule has 3 saturated heterocycles. The summed E-state index contributed by atoms with van der Waals surface area (Å²) in [6.45, 7) is 9.36. The van der Waals surface area contributed by atoms with Gasteiger partial charge in [0.1, 0.15) is 5.60 Å². The average Bonchev–Trinajstić information content (AvgIpc) is 3.18. The fraction of sp³-hybridized carbons (Fsp3) is 0.778. The summed E-state index contributed by atoms with van der Waals surface area (Å²) in [6.07, 6.45) is 2.60. The second-order valence-corrected chi connectivity index (χ2v) is 8.05. The van der Waals surface area contributed by atoms with Gasteiger partial charge in [0.25, 0.3) is 0 Å². The zero-order chi connectivity index (χ0) is 16.2. The van der Waals surface area contributed by atoms with E-state index in [0.717, 1.165) is 78.5 Å². The molecular formula is C18H28N2O3S. The van der Waals surface area contributed by atoms with Crippen LogP contribution in [0.25, 0.3) is 0 Å². The Labute approximate surface area is 148 Å². The Morgan fingerprint density at radius 1 is 1.12 bits per heavy atom. The zero-order valence-corrected chi connectivity index (χ0v) is 15.1. The molecule has 0 aromatic carbocycles. The lowest BCUT2D eigenvalue weighted by atomic mass is 10.00. The first kappa shape index (κ1) is 16.9. The van der Waals surface area contributed by atoms with Crippen LogP contribution in [0.15, 0.2) is 16.8 Å². The van der Waals surface area contributed by atoms with Gasteiger partial charge in [-0.15, -0.1) is 0 Å². The molecule has 4 rings (SSSR count). The van der Waals surface area contributed by atoms with E-state index < -0.39 is 0 Å². The van der Waals surface area contributed by atoms with E-state index in [-0.39, 0.29) is 5.60 Å². The molecular weight excluding hydrogens is 324 g/mol. The maximum absolute atomic E-state index is 6.58. The smallest absolute Gasteiger partial charge is 0.105 e. The Hall–Kier alpha value is -0.500. The zero-order valence-electron chi connectivity index (χ0n) is 14.3. The van der Waals surface area contributed by atoms with E-state index in [1.54, 1.807) is 11.3 Å². The third-order valence-corrected chi connectivity index (χ3v) is 6.05. The molecule has 0 amide bonds. The van der Waals surface area contributed by atoms with E-state index in [9.17, 15) is 0 Å². The van der Waals surface area contributed by atoms with Crippen molar-refractivity contribution in [1.29, 1.82) is 0 Å². The lowest BCUT2D eigenvalue weighted by Gasteiger charge is -2.33. The third-order valence-electron chi connectivity index (χ3n) is 5.32. The van der Waals surface area contributed by atoms with Crippen LogP contribution in [0.3, 0.4) is 0 Å². The molecule has 0 radical (unpaired) electrons. The van der Waals surface area contributed by atoms with Crippen LogP contribution in [-0.4, -0.2) is 80.7 Å². The molecule has 24 heavy (non-hydrogen) atoms. The largest absolute Gasteiger partial charge is 0.379 e. The summed E-state index contributed by atoms with van der Waals surface area (Å²) in [5.74, 6) is 0. The summed E-state index contributed by atoms with van der Waals surface area (Å²) < 4.78 is 17.9. The van der Waals surface area contributed by atoms with Gasteiger partial charge in [0.15, 0.2) is 0 Å². The number of nitrogens with zero attached hydrogens (tertiary/aromatic N) is 2. The maximum atomic E-state index is 6.58. The van der Waals surface area contributed by atoms with Gasteiger partial charge in [0, 0.05) is 39.3 Å². The summed E-state index contributed by atoms with van der Waals surface area (Å²) in [5.41, 5.74) is 1.30. The Morgan fingerprint density at radius 2 is 1.96 bits per heavy atom. The van der Waals surface area contributed by atoms with Gasteiger partial charge in [-0.2, -0.15) is 11.3 Å². The molecule has 1 spiro atoms. The van der Waals surface area contributed by atoms with E-state index in [0.29, 0.717) is 6.10 Å². The molecule has 3 aliphatic heterocycles. The van der Waals surface area contributed by atoms with E-state index >= 15 is 0 Å². The molecule has 0 N–H and O–H groups in total. The first-order valence-electron chi connectivity index (χ1n) is 9.10. The standard InChI is InChI=1S/C18H28N2O3S/c1-3-18(23-17(1)12-19-4-7-21-8-5-19)14-20(6-9-22-15-18)11-16-2-10-24-13-16/h2,10,13,17H,1,3-9,11-12,14-15H2/t17-,18-/m1/s1.